The molecule has 0 spiro atoms. The van der Waals surface area contributed by atoms with Crippen molar-refractivity contribution in [3.8, 4) is 0 Å². The van der Waals surface area contributed by atoms with Crippen molar-refractivity contribution >= 4 is 17.5 Å². The van der Waals surface area contributed by atoms with E-state index in [1.54, 1.807) is 0 Å². The molecule has 1 saturated carbocycles. The Hall–Kier alpha value is -1.96. The number of nitrogens with two attached hydrogens (primary N) is 1. The Morgan fingerprint density at radius 2 is 2.26 bits per heavy atom. The molecule has 2 heterocycles. The molecule has 1 aromatic heterocycles. The second-order valence-electron chi connectivity index (χ2n) is 4.93. The van der Waals surface area contributed by atoms with Gasteiger partial charge in [0.05, 0.1) is 17.1 Å². The molecule has 1 aromatic rings. The number of nitrogen functional groups attached to an aromatic ring is 1. The highest BCUT2D eigenvalue weighted by Gasteiger charge is 2.41. The highest BCUT2D eigenvalue weighted by Crippen LogP contribution is 2.40. The van der Waals surface area contributed by atoms with Crippen LogP contribution >= 0.6 is 0 Å². The normalized spacial score (nSPS) is 26.3. The monoisotopic (exact) mass is 265 g/mol. The SMILES string of the molecule is Nc1ncc([N+](=O)[O-])c(NC2CCOC2C2CC2)n1. The van der Waals surface area contributed by atoms with E-state index < -0.39 is 4.92 Å². The van der Waals surface area contributed by atoms with E-state index in [9.17, 15) is 10.1 Å². The van der Waals surface area contributed by atoms with E-state index in [0.717, 1.165) is 25.5 Å². The van der Waals surface area contributed by atoms with Crippen molar-refractivity contribution in [1.82, 2.24) is 9.97 Å². The third-order valence-corrected chi connectivity index (χ3v) is 3.53. The molecule has 102 valence electrons. The fraction of sp³-hybridized carbons (Fsp3) is 0.636. The number of anilines is 2. The van der Waals surface area contributed by atoms with Crippen molar-refractivity contribution in [3.63, 3.8) is 0 Å². The third kappa shape index (κ3) is 2.43. The van der Waals surface area contributed by atoms with Crippen LogP contribution in [0.4, 0.5) is 17.5 Å². The highest BCUT2D eigenvalue weighted by molar-refractivity contribution is 5.57. The van der Waals surface area contributed by atoms with Crippen LogP contribution in [0.15, 0.2) is 6.20 Å². The molecule has 3 N–H and O–H groups in total. The van der Waals surface area contributed by atoms with E-state index in [4.69, 9.17) is 10.5 Å². The Kier molecular flexibility index (Phi) is 2.94. The molecule has 0 aromatic carbocycles. The average molecular weight is 265 g/mol. The van der Waals surface area contributed by atoms with Gasteiger partial charge in [0.2, 0.25) is 11.8 Å². The lowest BCUT2D eigenvalue weighted by Gasteiger charge is -2.19. The second kappa shape index (κ2) is 4.61. The van der Waals surface area contributed by atoms with Crippen LogP contribution in [-0.4, -0.2) is 33.6 Å². The number of ether oxygens (including phenoxy) is 1. The van der Waals surface area contributed by atoms with Gasteiger partial charge in [-0.05, 0) is 25.2 Å². The molecule has 2 aliphatic rings. The number of nitrogens with one attached hydrogen (secondary N) is 1. The van der Waals surface area contributed by atoms with Gasteiger partial charge in [0, 0.05) is 6.61 Å². The Bertz CT molecular complexity index is 505. The lowest BCUT2D eigenvalue weighted by Crippen LogP contribution is -2.31. The van der Waals surface area contributed by atoms with Crippen LogP contribution < -0.4 is 11.1 Å². The first-order valence-electron chi connectivity index (χ1n) is 6.30. The fourth-order valence-electron chi connectivity index (χ4n) is 2.46. The molecule has 1 aliphatic heterocycles. The molecule has 2 unspecified atom stereocenters. The maximum absolute atomic E-state index is 10.9. The van der Waals surface area contributed by atoms with Crippen molar-refractivity contribution in [2.24, 2.45) is 5.92 Å². The molecule has 2 atom stereocenters. The summed E-state index contributed by atoms with van der Waals surface area (Å²) < 4.78 is 5.69. The van der Waals surface area contributed by atoms with E-state index in [0.29, 0.717) is 12.5 Å². The third-order valence-electron chi connectivity index (χ3n) is 3.53. The molecule has 0 amide bonds. The van der Waals surface area contributed by atoms with Crippen LogP contribution in [0.3, 0.4) is 0 Å². The van der Waals surface area contributed by atoms with Crippen LogP contribution in [0.5, 0.6) is 0 Å². The van der Waals surface area contributed by atoms with E-state index in [1.807, 2.05) is 0 Å². The maximum atomic E-state index is 10.9. The number of hydrogen-bond donors (Lipinski definition) is 2. The Labute approximate surface area is 109 Å². The smallest absolute Gasteiger partial charge is 0.329 e. The summed E-state index contributed by atoms with van der Waals surface area (Å²) in [5, 5.41) is 14.1. The van der Waals surface area contributed by atoms with Gasteiger partial charge in [-0.25, -0.2) is 4.98 Å². The van der Waals surface area contributed by atoms with Crippen LogP contribution in [0.25, 0.3) is 0 Å². The van der Waals surface area contributed by atoms with E-state index >= 15 is 0 Å². The molecular weight excluding hydrogens is 250 g/mol. The van der Waals surface area contributed by atoms with Gasteiger partial charge in [-0.2, -0.15) is 4.98 Å². The van der Waals surface area contributed by atoms with Gasteiger partial charge in [0.1, 0.15) is 6.20 Å². The highest BCUT2D eigenvalue weighted by atomic mass is 16.6. The summed E-state index contributed by atoms with van der Waals surface area (Å²) in [6.07, 6.45) is 4.40. The second-order valence-corrected chi connectivity index (χ2v) is 4.93. The fourth-order valence-corrected chi connectivity index (χ4v) is 2.46. The first-order chi connectivity index (χ1) is 9.15. The zero-order valence-corrected chi connectivity index (χ0v) is 10.3. The van der Waals surface area contributed by atoms with Gasteiger partial charge in [0.25, 0.3) is 0 Å². The molecule has 0 bridgehead atoms. The number of hydrogen-bond acceptors (Lipinski definition) is 7. The minimum absolute atomic E-state index is 0.0231. The lowest BCUT2D eigenvalue weighted by molar-refractivity contribution is -0.384. The summed E-state index contributed by atoms with van der Waals surface area (Å²) in [6, 6.07) is 0.0560. The number of rotatable bonds is 4. The largest absolute Gasteiger partial charge is 0.376 e. The molecule has 8 heteroatoms. The van der Waals surface area contributed by atoms with Gasteiger partial charge in [-0.3, -0.25) is 10.1 Å². The molecular formula is C11H15N5O3. The van der Waals surface area contributed by atoms with Crippen LogP contribution in [-0.2, 0) is 4.74 Å². The first kappa shape index (κ1) is 12.1. The summed E-state index contributed by atoms with van der Waals surface area (Å²) in [5.41, 5.74) is 5.34. The van der Waals surface area contributed by atoms with Gasteiger partial charge < -0.3 is 15.8 Å². The van der Waals surface area contributed by atoms with Gasteiger partial charge in [-0.15, -0.1) is 0 Å². The Morgan fingerprint density at radius 3 is 2.95 bits per heavy atom. The zero-order chi connectivity index (χ0) is 13.4. The number of aromatic nitrogens is 2. The van der Waals surface area contributed by atoms with Crippen molar-refractivity contribution in [2.75, 3.05) is 17.7 Å². The van der Waals surface area contributed by atoms with Gasteiger partial charge in [0.15, 0.2) is 0 Å². The molecule has 1 aliphatic carbocycles. The standard InChI is InChI=1S/C11H15N5O3/c12-11-13-5-8(16(17)18)10(15-11)14-7-3-4-19-9(7)6-1-2-6/h5-7,9H,1-4H2,(H3,12,13,14,15). The van der Waals surface area contributed by atoms with Crippen molar-refractivity contribution < 1.29 is 9.66 Å². The summed E-state index contributed by atoms with van der Waals surface area (Å²) in [4.78, 5) is 18.0. The van der Waals surface area contributed by atoms with E-state index in [2.05, 4.69) is 15.3 Å². The topological polar surface area (TPSA) is 116 Å². The summed E-state index contributed by atoms with van der Waals surface area (Å²) in [6.45, 7) is 0.674. The molecule has 2 fully saturated rings. The number of nitro groups is 1. The Balaban J connectivity index is 1.81. The predicted octanol–water partition coefficient (Wildman–Crippen LogP) is 0.946. The number of nitrogens with zero attached hydrogens (tertiary/aromatic N) is 3. The average Bonchev–Trinajstić information content (AvgIpc) is 3.10. The summed E-state index contributed by atoms with van der Waals surface area (Å²) >= 11 is 0. The minimum atomic E-state index is -0.510. The quantitative estimate of drug-likeness (QED) is 0.614. The first-order valence-corrected chi connectivity index (χ1v) is 6.30. The zero-order valence-electron chi connectivity index (χ0n) is 10.3. The van der Waals surface area contributed by atoms with Crippen LogP contribution in [0.2, 0.25) is 0 Å². The van der Waals surface area contributed by atoms with E-state index in [1.165, 1.54) is 0 Å². The van der Waals surface area contributed by atoms with Gasteiger partial charge >= 0.3 is 5.69 Å². The molecule has 1 saturated heterocycles. The van der Waals surface area contributed by atoms with E-state index in [-0.39, 0.29) is 29.6 Å². The van der Waals surface area contributed by atoms with Crippen LogP contribution in [0.1, 0.15) is 19.3 Å². The predicted molar refractivity (Wildman–Crippen MR) is 67.6 cm³/mol. The molecule has 3 rings (SSSR count). The van der Waals surface area contributed by atoms with Crippen molar-refractivity contribution in [2.45, 2.75) is 31.4 Å². The summed E-state index contributed by atoms with van der Waals surface area (Å²) in [7, 11) is 0. The molecule has 19 heavy (non-hydrogen) atoms. The van der Waals surface area contributed by atoms with Crippen molar-refractivity contribution in [3.05, 3.63) is 16.3 Å². The minimum Gasteiger partial charge on any atom is -0.376 e. The molecule has 8 nitrogen and oxygen atoms in total. The maximum Gasteiger partial charge on any atom is 0.329 e. The molecule has 0 radical (unpaired) electrons. The van der Waals surface area contributed by atoms with Gasteiger partial charge in [-0.1, -0.05) is 0 Å². The lowest BCUT2D eigenvalue weighted by atomic mass is 10.1. The van der Waals surface area contributed by atoms with Crippen molar-refractivity contribution in [1.29, 1.82) is 0 Å². The summed E-state index contributed by atoms with van der Waals surface area (Å²) in [5.74, 6) is 0.770. The Morgan fingerprint density at radius 1 is 1.47 bits per heavy atom. The van der Waals surface area contributed by atoms with Crippen LogP contribution in [0, 0.1) is 16.0 Å².